The number of aromatic nitrogens is 2. The monoisotopic (exact) mass is 443 g/mol. The smallest absolute Gasteiger partial charge is 0.316 e. The minimum Gasteiger partial charge on any atom is -0.422 e. The van der Waals surface area contributed by atoms with Crippen LogP contribution in [0.25, 0.3) is 11.3 Å². The van der Waals surface area contributed by atoms with E-state index in [1.54, 1.807) is 32.4 Å². The van der Waals surface area contributed by atoms with Gasteiger partial charge < -0.3 is 4.74 Å². The van der Waals surface area contributed by atoms with Crippen molar-refractivity contribution < 1.29 is 9.53 Å². The summed E-state index contributed by atoms with van der Waals surface area (Å²) in [6.45, 7) is 16.3. The van der Waals surface area contributed by atoms with Crippen LogP contribution in [-0.2, 0) is 16.1 Å². The fourth-order valence-corrected chi connectivity index (χ4v) is 4.24. The van der Waals surface area contributed by atoms with Crippen LogP contribution >= 0.6 is 11.6 Å². The zero-order valence-electron chi connectivity index (χ0n) is 19.1. The summed E-state index contributed by atoms with van der Waals surface area (Å²) in [7, 11) is -1.48. The van der Waals surface area contributed by atoms with Gasteiger partial charge in [0.15, 0.2) is 5.76 Å². The van der Waals surface area contributed by atoms with Crippen molar-refractivity contribution in [3.05, 3.63) is 46.2 Å². The highest BCUT2D eigenvalue weighted by atomic mass is 35.5. The van der Waals surface area contributed by atoms with Gasteiger partial charge in [0.2, 0.25) is 0 Å². The number of esters is 1. The third kappa shape index (κ3) is 5.03. The molecule has 0 saturated heterocycles. The molecule has 0 amide bonds. The standard InChI is InChI=1S/C23H30ClN3O2Si/c1-9-27-20(19(24)15(2)26-27)21(29-22(28)23(3,4)5)18(14-25)16-10-12-17(13-11-16)30(6,7)8/h10-13H,9H2,1-8H3/b21-18-. The second kappa shape index (κ2) is 8.79. The number of nitriles is 1. The first kappa shape index (κ1) is 23.9. The molecule has 1 aromatic carbocycles. The van der Waals surface area contributed by atoms with Crippen LogP contribution in [0.15, 0.2) is 24.3 Å². The molecule has 0 fully saturated rings. The molecule has 0 spiro atoms. The number of halogens is 1. The Labute approximate surface area is 185 Å². The molecule has 2 aromatic rings. The summed E-state index contributed by atoms with van der Waals surface area (Å²) in [6, 6.07) is 10.1. The second-order valence-electron chi connectivity index (χ2n) is 9.35. The number of aryl methyl sites for hydroxylation is 2. The van der Waals surface area contributed by atoms with Crippen LogP contribution in [0.3, 0.4) is 0 Å². The van der Waals surface area contributed by atoms with Crippen LogP contribution in [0.5, 0.6) is 0 Å². The Morgan fingerprint density at radius 2 is 1.80 bits per heavy atom. The number of hydrogen-bond donors (Lipinski definition) is 0. The first-order valence-corrected chi connectivity index (χ1v) is 13.9. The molecule has 0 aliphatic carbocycles. The third-order valence-electron chi connectivity index (χ3n) is 4.75. The fraction of sp³-hybridized carbons (Fsp3) is 0.435. The van der Waals surface area contributed by atoms with E-state index in [1.807, 2.05) is 31.2 Å². The molecule has 1 heterocycles. The lowest BCUT2D eigenvalue weighted by molar-refractivity contribution is -0.145. The molecule has 2 rings (SSSR count). The first-order chi connectivity index (χ1) is 13.8. The van der Waals surface area contributed by atoms with E-state index in [2.05, 4.69) is 30.8 Å². The Bertz CT molecular complexity index is 1020. The van der Waals surface area contributed by atoms with Gasteiger partial charge in [-0.25, -0.2) is 0 Å². The summed E-state index contributed by atoms with van der Waals surface area (Å²) >= 11 is 6.55. The van der Waals surface area contributed by atoms with Crippen molar-refractivity contribution in [2.75, 3.05) is 0 Å². The highest BCUT2D eigenvalue weighted by molar-refractivity contribution is 6.88. The molecule has 0 N–H and O–H groups in total. The van der Waals surface area contributed by atoms with E-state index < -0.39 is 19.5 Å². The number of hydrogen-bond acceptors (Lipinski definition) is 4. The van der Waals surface area contributed by atoms with Gasteiger partial charge in [-0.3, -0.25) is 9.48 Å². The van der Waals surface area contributed by atoms with E-state index >= 15 is 0 Å². The van der Waals surface area contributed by atoms with E-state index in [9.17, 15) is 10.1 Å². The average molecular weight is 444 g/mol. The average Bonchev–Trinajstić information content (AvgIpc) is 2.94. The molecule has 0 saturated carbocycles. The molecule has 0 atom stereocenters. The molecule has 7 heteroatoms. The predicted molar refractivity (Wildman–Crippen MR) is 125 cm³/mol. The van der Waals surface area contributed by atoms with Crippen LogP contribution in [0.2, 0.25) is 24.7 Å². The zero-order chi connectivity index (χ0) is 22.9. The van der Waals surface area contributed by atoms with Crippen molar-refractivity contribution >= 4 is 42.2 Å². The lowest BCUT2D eigenvalue weighted by atomic mass is 9.97. The van der Waals surface area contributed by atoms with Gasteiger partial charge in [0.1, 0.15) is 17.3 Å². The van der Waals surface area contributed by atoms with Crippen molar-refractivity contribution in [3.8, 4) is 6.07 Å². The number of ether oxygens (including phenoxy) is 1. The lowest BCUT2D eigenvalue weighted by Gasteiger charge is -2.20. The maximum absolute atomic E-state index is 12.8. The minimum absolute atomic E-state index is 0.144. The van der Waals surface area contributed by atoms with Crippen LogP contribution < -0.4 is 5.19 Å². The predicted octanol–water partition coefficient (Wildman–Crippen LogP) is 5.39. The van der Waals surface area contributed by atoms with E-state index in [0.29, 0.717) is 28.5 Å². The van der Waals surface area contributed by atoms with Gasteiger partial charge in [-0.05, 0) is 40.2 Å². The summed E-state index contributed by atoms with van der Waals surface area (Å²) in [6.07, 6.45) is 0. The van der Waals surface area contributed by atoms with Gasteiger partial charge in [-0.15, -0.1) is 0 Å². The molecule has 0 aliphatic heterocycles. The van der Waals surface area contributed by atoms with Gasteiger partial charge in [0.25, 0.3) is 0 Å². The number of nitrogens with zero attached hydrogens (tertiary/aromatic N) is 3. The molecule has 0 bridgehead atoms. The van der Waals surface area contributed by atoms with Crippen LogP contribution in [-0.4, -0.2) is 23.8 Å². The van der Waals surface area contributed by atoms with Crippen LogP contribution in [0.4, 0.5) is 0 Å². The third-order valence-corrected chi connectivity index (χ3v) is 7.27. The molecular formula is C23H30ClN3O2Si. The molecule has 5 nitrogen and oxygen atoms in total. The summed E-state index contributed by atoms with van der Waals surface area (Å²) in [4.78, 5) is 12.8. The Morgan fingerprint density at radius 1 is 1.23 bits per heavy atom. The van der Waals surface area contributed by atoms with Gasteiger partial charge in [0, 0.05) is 6.54 Å². The van der Waals surface area contributed by atoms with Crippen molar-refractivity contribution in [2.24, 2.45) is 5.41 Å². The van der Waals surface area contributed by atoms with Crippen molar-refractivity contribution in [3.63, 3.8) is 0 Å². The summed E-state index contributed by atoms with van der Waals surface area (Å²) in [5.41, 5.74) is 1.25. The van der Waals surface area contributed by atoms with Crippen LogP contribution in [0, 0.1) is 23.7 Å². The van der Waals surface area contributed by atoms with Crippen LogP contribution in [0.1, 0.15) is 44.6 Å². The molecule has 0 unspecified atom stereocenters. The molecule has 0 aliphatic rings. The fourth-order valence-electron chi connectivity index (χ4n) is 2.85. The largest absolute Gasteiger partial charge is 0.422 e. The molecule has 0 radical (unpaired) electrons. The summed E-state index contributed by atoms with van der Waals surface area (Å²) in [5.74, 6) is -0.299. The van der Waals surface area contributed by atoms with Gasteiger partial charge in [-0.2, -0.15) is 10.4 Å². The zero-order valence-corrected chi connectivity index (χ0v) is 20.8. The quantitative estimate of drug-likeness (QED) is 0.269. The number of allylic oxidation sites excluding steroid dienone is 1. The normalized spacial score (nSPS) is 12.9. The highest BCUT2D eigenvalue weighted by Gasteiger charge is 2.30. The van der Waals surface area contributed by atoms with Crippen molar-refractivity contribution in [1.82, 2.24) is 9.78 Å². The second-order valence-corrected chi connectivity index (χ2v) is 14.8. The summed E-state index contributed by atoms with van der Waals surface area (Å²) < 4.78 is 7.49. The Balaban J connectivity index is 2.77. The maximum Gasteiger partial charge on any atom is 0.316 e. The van der Waals surface area contributed by atoms with Gasteiger partial charge in [0.05, 0.1) is 24.2 Å². The topological polar surface area (TPSA) is 67.9 Å². The number of rotatable bonds is 5. The molecule has 1 aromatic heterocycles. The Hall–Kier alpha value is -2.36. The number of benzene rings is 1. The van der Waals surface area contributed by atoms with E-state index in [-0.39, 0.29) is 11.3 Å². The van der Waals surface area contributed by atoms with E-state index in [0.717, 1.165) is 0 Å². The Morgan fingerprint density at radius 3 is 2.23 bits per heavy atom. The molecular weight excluding hydrogens is 414 g/mol. The van der Waals surface area contributed by atoms with Crippen molar-refractivity contribution in [1.29, 1.82) is 5.26 Å². The maximum atomic E-state index is 12.8. The Kier molecular flexibility index (Phi) is 7.00. The van der Waals surface area contributed by atoms with E-state index in [1.165, 1.54) is 5.19 Å². The molecule has 30 heavy (non-hydrogen) atoms. The van der Waals surface area contributed by atoms with E-state index in [4.69, 9.17) is 16.3 Å². The first-order valence-electron chi connectivity index (χ1n) is 10.0. The SMILES string of the molecule is CCn1nc(C)c(Cl)c1/C(OC(=O)C(C)(C)C)=C(\C#N)c1ccc([Si](C)(C)C)cc1. The van der Waals surface area contributed by atoms with Gasteiger partial charge in [-0.1, -0.05) is 60.7 Å². The highest BCUT2D eigenvalue weighted by Crippen LogP contribution is 2.35. The number of carbonyl (C=O) groups is 1. The molecule has 160 valence electrons. The lowest BCUT2D eigenvalue weighted by Crippen LogP contribution is -2.37. The van der Waals surface area contributed by atoms with Gasteiger partial charge >= 0.3 is 5.97 Å². The minimum atomic E-state index is -1.48. The number of carbonyl (C=O) groups excluding carboxylic acids is 1. The summed E-state index contributed by atoms with van der Waals surface area (Å²) in [5, 5.41) is 16.1. The van der Waals surface area contributed by atoms with Crippen molar-refractivity contribution in [2.45, 2.75) is 60.8 Å².